The van der Waals surface area contributed by atoms with E-state index in [2.05, 4.69) is 5.10 Å². The maximum atomic E-state index is 13.6. The average Bonchev–Trinajstić information content (AvgIpc) is 3.13. The Hall–Kier alpha value is -2.97. The van der Waals surface area contributed by atoms with Gasteiger partial charge in [-0.1, -0.05) is 23.2 Å². The van der Waals surface area contributed by atoms with Gasteiger partial charge < -0.3 is 9.80 Å². The van der Waals surface area contributed by atoms with Gasteiger partial charge in [-0.05, 0) is 42.8 Å². The highest BCUT2D eigenvalue weighted by molar-refractivity contribution is 6.42. The lowest BCUT2D eigenvalue weighted by molar-refractivity contribution is 0.0637. The molecule has 2 aromatic carbocycles. The van der Waals surface area contributed by atoms with E-state index in [0.29, 0.717) is 51.9 Å². The molecule has 0 bridgehead atoms. The Kier molecular flexibility index (Phi) is 5.81. The van der Waals surface area contributed by atoms with Crippen molar-refractivity contribution >= 4 is 35.0 Å². The lowest BCUT2D eigenvalue weighted by Gasteiger charge is -2.34. The Balaban J connectivity index is 1.43. The Morgan fingerprint density at radius 3 is 2.53 bits per heavy atom. The lowest BCUT2D eigenvalue weighted by Crippen LogP contribution is -2.44. The van der Waals surface area contributed by atoms with Crippen molar-refractivity contribution in [2.24, 2.45) is 0 Å². The fourth-order valence-electron chi connectivity index (χ4n) is 4.60. The molecule has 1 atom stereocenters. The molecule has 6 nitrogen and oxygen atoms in total. The summed E-state index contributed by atoms with van der Waals surface area (Å²) in [6.07, 6.45) is 0.505. The first-order valence-corrected chi connectivity index (χ1v) is 11.6. The van der Waals surface area contributed by atoms with Gasteiger partial charge in [0.25, 0.3) is 11.8 Å². The molecule has 0 spiro atoms. The molecule has 0 saturated heterocycles. The van der Waals surface area contributed by atoms with Gasteiger partial charge in [-0.2, -0.15) is 5.10 Å². The molecule has 3 heterocycles. The van der Waals surface area contributed by atoms with Crippen LogP contribution in [0.15, 0.2) is 36.4 Å². The second kappa shape index (κ2) is 8.67. The highest BCUT2D eigenvalue weighted by Gasteiger charge is 2.37. The van der Waals surface area contributed by atoms with Gasteiger partial charge in [0.05, 0.1) is 28.8 Å². The van der Waals surface area contributed by atoms with Crippen LogP contribution in [0.25, 0.3) is 0 Å². The number of carbonyl (C=O) groups excluding carboxylic acids is 2. The molecule has 0 N–H and O–H groups in total. The zero-order chi connectivity index (χ0) is 24.1. The minimum atomic E-state index is -0.688. The van der Waals surface area contributed by atoms with Gasteiger partial charge in [0.1, 0.15) is 17.3 Å². The van der Waals surface area contributed by atoms with Crippen LogP contribution in [0.1, 0.15) is 44.6 Å². The highest BCUT2D eigenvalue weighted by atomic mass is 35.5. The minimum Gasteiger partial charge on any atom is -0.331 e. The number of carbonyl (C=O) groups is 2. The summed E-state index contributed by atoms with van der Waals surface area (Å²) in [4.78, 5) is 29.9. The van der Waals surface area contributed by atoms with Crippen molar-refractivity contribution in [1.82, 2.24) is 19.6 Å². The van der Waals surface area contributed by atoms with Crippen molar-refractivity contribution in [2.45, 2.75) is 39.0 Å². The Morgan fingerprint density at radius 1 is 1.09 bits per heavy atom. The summed E-state index contributed by atoms with van der Waals surface area (Å²) in [5, 5.41) is 5.28. The van der Waals surface area contributed by atoms with E-state index in [1.54, 1.807) is 26.6 Å². The maximum Gasteiger partial charge on any atom is 0.272 e. The van der Waals surface area contributed by atoms with E-state index in [0.717, 1.165) is 11.8 Å². The summed E-state index contributed by atoms with van der Waals surface area (Å²) >= 11 is 12.1. The van der Waals surface area contributed by atoms with Crippen LogP contribution in [0, 0.1) is 11.6 Å². The summed E-state index contributed by atoms with van der Waals surface area (Å²) in [7, 11) is 0. The monoisotopic (exact) mass is 504 g/mol. The molecule has 0 fully saturated rings. The third-order valence-corrected chi connectivity index (χ3v) is 7.02. The fourth-order valence-corrected chi connectivity index (χ4v) is 4.90. The van der Waals surface area contributed by atoms with Gasteiger partial charge in [0.2, 0.25) is 0 Å². The van der Waals surface area contributed by atoms with E-state index in [1.165, 1.54) is 18.2 Å². The molecule has 2 aliphatic rings. The first-order chi connectivity index (χ1) is 16.2. The van der Waals surface area contributed by atoms with Gasteiger partial charge in [0.15, 0.2) is 0 Å². The van der Waals surface area contributed by atoms with E-state index in [-0.39, 0.29) is 30.9 Å². The van der Waals surface area contributed by atoms with Gasteiger partial charge >= 0.3 is 0 Å². The van der Waals surface area contributed by atoms with Gasteiger partial charge in [-0.25, -0.2) is 8.78 Å². The second-order valence-corrected chi connectivity index (χ2v) is 9.43. The molecular formula is C24H20Cl2F2N4O2. The Labute approximate surface area is 204 Å². The van der Waals surface area contributed by atoms with Crippen LogP contribution in [0.5, 0.6) is 0 Å². The summed E-state index contributed by atoms with van der Waals surface area (Å²) < 4.78 is 28.9. The minimum absolute atomic E-state index is 0.0792. The number of halogens is 4. The quantitative estimate of drug-likeness (QED) is 0.518. The molecule has 2 amide bonds. The van der Waals surface area contributed by atoms with Gasteiger partial charge in [0, 0.05) is 42.7 Å². The number of hydrogen-bond donors (Lipinski definition) is 0. The van der Waals surface area contributed by atoms with Crippen LogP contribution in [0.2, 0.25) is 10.0 Å². The topological polar surface area (TPSA) is 58.4 Å². The predicted octanol–water partition coefficient (Wildman–Crippen LogP) is 4.71. The van der Waals surface area contributed by atoms with E-state index in [4.69, 9.17) is 23.2 Å². The van der Waals surface area contributed by atoms with Crippen molar-refractivity contribution in [3.05, 3.63) is 86.2 Å². The summed E-state index contributed by atoms with van der Waals surface area (Å²) in [5.74, 6) is -1.87. The van der Waals surface area contributed by atoms with Crippen molar-refractivity contribution in [3.8, 4) is 0 Å². The Morgan fingerprint density at radius 2 is 1.82 bits per heavy atom. The van der Waals surface area contributed by atoms with Crippen LogP contribution in [-0.2, 0) is 26.1 Å². The van der Waals surface area contributed by atoms with Crippen LogP contribution in [0.4, 0.5) is 8.78 Å². The van der Waals surface area contributed by atoms with E-state index >= 15 is 0 Å². The molecule has 0 saturated carbocycles. The number of hydrogen-bond acceptors (Lipinski definition) is 3. The smallest absolute Gasteiger partial charge is 0.272 e. The zero-order valence-corrected chi connectivity index (χ0v) is 19.7. The Bertz CT molecular complexity index is 1310. The molecule has 176 valence electrons. The second-order valence-electron chi connectivity index (χ2n) is 8.62. The first kappa shape index (κ1) is 22.8. The molecule has 0 aliphatic carbocycles. The third kappa shape index (κ3) is 4.05. The maximum absolute atomic E-state index is 13.6. The molecule has 2 aliphatic heterocycles. The van der Waals surface area contributed by atoms with Crippen LogP contribution < -0.4 is 0 Å². The average molecular weight is 505 g/mol. The summed E-state index contributed by atoms with van der Waals surface area (Å²) in [5.41, 5.74) is 2.68. The fraction of sp³-hybridized carbons (Fsp3) is 0.292. The number of benzene rings is 2. The molecular weight excluding hydrogens is 485 g/mol. The van der Waals surface area contributed by atoms with E-state index in [9.17, 15) is 18.4 Å². The SMILES string of the molecule is C[C@@H]1Cc2nn3c(c2CN1C(=O)c1ccc(Cl)c(Cl)c1)C(=O)N(Cc1cc(F)cc(F)c1)CC3. The van der Waals surface area contributed by atoms with E-state index in [1.807, 2.05) is 6.92 Å². The summed E-state index contributed by atoms with van der Waals surface area (Å²) in [6.45, 7) is 3.06. The van der Waals surface area contributed by atoms with Crippen LogP contribution in [-0.4, -0.2) is 44.0 Å². The molecule has 3 aromatic rings. The molecule has 34 heavy (non-hydrogen) atoms. The summed E-state index contributed by atoms with van der Waals surface area (Å²) in [6, 6.07) is 7.84. The molecule has 10 heteroatoms. The van der Waals surface area contributed by atoms with Gasteiger partial charge in [-0.3, -0.25) is 14.3 Å². The number of rotatable bonds is 3. The predicted molar refractivity (Wildman–Crippen MR) is 123 cm³/mol. The van der Waals surface area contributed by atoms with Crippen LogP contribution >= 0.6 is 23.2 Å². The molecule has 5 rings (SSSR count). The lowest BCUT2D eigenvalue weighted by atomic mass is 9.97. The molecule has 1 aromatic heterocycles. The zero-order valence-electron chi connectivity index (χ0n) is 18.2. The molecule has 0 radical (unpaired) electrons. The largest absolute Gasteiger partial charge is 0.331 e. The van der Waals surface area contributed by atoms with Crippen molar-refractivity contribution in [2.75, 3.05) is 6.54 Å². The standard InChI is InChI=1S/C24H20Cl2F2N4O2/c1-13-6-21-18(12-31(13)23(33)15-2-3-19(25)20(26)9-15)22-24(34)30(4-5-32(22)29-21)11-14-7-16(27)10-17(28)8-14/h2-3,7-10,13H,4-6,11-12H2,1H3/t13-/m1/s1. The van der Waals surface area contributed by atoms with E-state index < -0.39 is 11.6 Å². The number of nitrogens with zero attached hydrogens (tertiary/aromatic N) is 4. The number of fused-ring (bicyclic) bond motifs is 3. The van der Waals surface area contributed by atoms with Crippen molar-refractivity contribution < 1.29 is 18.4 Å². The van der Waals surface area contributed by atoms with Crippen LogP contribution in [0.3, 0.4) is 0 Å². The normalized spacial score (nSPS) is 17.6. The van der Waals surface area contributed by atoms with Crippen molar-refractivity contribution in [3.63, 3.8) is 0 Å². The third-order valence-electron chi connectivity index (χ3n) is 6.28. The first-order valence-electron chi connectivity index (χ1n) is 10.8. The number of aromatic nitrogens is 2. The van der Waals surface area contributed by atoms with Crippen molar-refractivity contribution in [1.29, 1.82) is 0 Å². The molecule has 0 unspecified atom stereocenters. The highest BCUT2D eigenvalue weighted by Crippen LogP contribution is 2.31. The van der Waals surface area contributed by atoms with Gasteiger partial charge in [-0.15, -0.1) is 0 Å². The number of amides is 2.